The average Bonchev–Trinajstić information content (AvgIpc) is 2.54. The highest BCUT2D eigenvalue weighted by Crippen LogP contribution is 2.21. The molecule has 6 heteroatoms. The van der Waals surface area contributed by atoms with Gasteiger partial charge in [0, 0.05) is 49.8 Å². The average molecular weight is 381 g/mol. The van der Waals surface area contributed by atoms with Gasteiger partial charge in [0.2, 0.25) is 0 Å². The second-order valence-electron chi connectivity index (χ2n) is 9.05. The van der Waals surface area contributed by atoms with Crippen LogP contribution in [0.2, 0.25) is 0 Å². The highest BCUT2D eigenvalue weighted by molar-refractivity contribution is 5.82. The van der Waals surface area contributed by atoms with E-state index in [1.807, 2.05) is 0 Å². The highest BCUT2D eigenvalue weighted by Gasteiger charge is 2.31. The van der Waals surface area contributed by atoms with E-state index < -0.39 is 0 Å². The lowest BCUT2D eigenvalue weighted by Crippen LogP contribution is -2.57. The molecule has 6 nitrogen and oxygen atoms in total. The van der Waals surface area contributed by atoms with E-state index in [-0.39, 0.29) is 11.1 Å². The number of hydrogen-bond acceptors (Lipinski definition) is 4. The van der Waals surface area contributed by atoms with E-state index in [9.17, 15) is 0 Å². The molecule has 0 aromatic carbocycles. The predicted molar refractivity (Wildman–Crippen MR) is 119 cm³/mol. The first kappa shape index (κ1) is 23.6. The van der Waals surface area contributed by atoms with Gasteiger partial charge in [-0.15, -0.1) is 0 Å². The predicted octanol–water partition coefficient (Wildman–Crippen LogP) is 3.30. The third kappa shape index (κ3) is 7.23. The molecule has 158 valence electrons. The van der Waals surface area contributed by atoms with E-state index in [1.54, 1.807) is 0 Å². The second-order valence-corrected chi connectivity index (χ2v) is 9.05. The molecular weight excluding hydrogens is 336 g/mol. The maximum atomic E-state index is 4.91. The van der Waals surface area contributed by atoms with Crippen LogP contribution in [-0.2, 0) is 0 Å². The van der Waals surface area contributed by atoms with Crippen molar-refractivity contribution in [2.75, 3.05) is 32.7 Å². The summed E-state index contributed by atoms with van der Waals surface area (Å²) in [7, 11) is 0. The Morgan fingerprint density at radius 1 is 1.19 bits per heavy atom. The third-order valence-corrected chi connectivity index (χ3v) is 4.96. The minimum atomic E-state index is -0.0495. The molecule has 1 unspecified atom stereocenters. The van der Waals surface area contributed by atoms with Crippen LogP contribution >= 0.6 is 0 Å². The molecule has 0 aromatic rings. The van der Waals surface area contributed by atoms with Crippen LogP contribution in [0.25, 0.3) is 0 Å². The molecule has 1 heterocycles. The van der Waals surface area contributed by atoms with Crippen molar-refractivity contribution in [1.29, 1.82) is 0 Å². The van der Waals surface area contributed by atoms with Crippen molar-refractivity contribution in [3.05, 3.63) is 0 Å². The Morgan fingerprint density at radius 2 is 1.85 bits per heavy atom. The molecule has 0 saturated heterocycles. The van der Waals surface area contributed by atoms with Gasteiger partial charge in [-0.05, 0) is 75.2 Å². The SMILES string of the molecule is CCN=C(N(CC)C(C)CC(C)(C)NC1=NCCCN1)N(CC)C(C)(C)C. The van der Waals surface area contributed by atoms with E-state index in [0.29, 0.717) is 6.04 Å². The zero-order valence-corrected chi connectivity index (χ0v) is 19.3. The number of nitrogens with one attached hydrogen (secondary N) is 2. The fourth-order valence-corrected chi connectivity index (χ4v) is 3.88. The zero-order chi connectivity index (χ0) is 20.7. The molecule has 0 spiro atoms. The Balaban J connectivity index is 2.95. The van der Waals surface area contributed by atoms with Gasteiger partial charge in [-0.3, -0.25) is 9.98 Å². The molecule has 0 saturated carbocycles. The normalized spacial score (nSPS) is 17.1. The molecule has 2 N–H and O–H groups in total. The van der Waals surface area contributed by atoms with Crippen LogP contribution in [0.5, 0.6) is 0 Å². The van der Waals surface area contributed by atoms with Gasteiger partial charge in [0.25, 0.3) is 0 Å². The lowest BCUT2D eigenvalue weighted by molar-refractivity contribution is 0.181. The van der Waals surface area contributed by atoms with E-state index >= 15 is 0 Å². The second kappa shape index (κ2) is 10.2. The number of aliphatic imine (C=N–C) groups is 2. The Morgan fingerprint density at radius 3 is 2.30 bits per heavy atom. The number of hydrogen-bond donors (Lipinski definition) is 2. The summed E-state index contributed by atoms with van der Waals surface area (Å²) in [6, 6.07) is 0.364. The van der Waals surface area contributed by atoms with Gasteiger partial charge in [-0.2, -0.15) is 0 Å². The highest BCUT2D eigenvalue weighted by atomic mass is 15.4. The number of guanidine groups is 2. The molecular formula is C21H44N6. The summed E-state index contributed by atoms with van der Waals surface area (Å²) in [5.74, 6) is 2.06. The summed E-state index contributed by atoms with van der Waals surface area (Å²) in [4.78, 5) is 14.4. The first-order valence-corrected chi connectivity index (χ1v) is 10.7. The lowest BCUT2D eigenvalue weighted by atomic mass is 9.95. The van der Waals surface area contributed by atoms with Crippen molar-refractivity contribution in [2.45, 2.75) is 92.3 Å². The fraction of sp³-hybridized carbons (Fsp3) is 0.905. The Bertz CT molecular complexity index is 503. The number of nitrogens with zero attached hydrogens (tertiary/aromatic N) is 4. The zero-order valence-electron chi connectivity index (χ0n) is 19.3. The van der Waals surface area contributed by atoms with Gasteiger partial charge in [-0.1, -0.05) is 0 Å². The van der Waals surface area contributed by atoms with Crippen molar-refractivity contribution in [3.8, 4) is 0 Å². The molecule has 1 aliphatic heterocycles. The topological polar surface area (TPSA) is 55.3 Å². The van der Waals surface area contributed by atoms with Crippen molar-refractivity contribution in [3.63, 3.8) is 0 Å². The van der Waals surface area contributed by atoms with Gasteiger partial charge < -0.3 is 20.4 Å². The molecule has 1 aliphatic rings. The van der Waals surface area contributed by atoms with Gasteiger partial charge >= 0.3 is 0 Å². The Hall–Kier alpha value is -1.46. The minimum Gasteiger partial charge on any atom is -0.356 e. The van der Waals surface area contributed by atoms with Crippen LogP contribution in [0.4, 0.5) is 0 Å². The van der Waals surface area contributed by atoms with Crippen molar-refractivity contribution < 1.29 is 0 Å². The quantitative estimate of drug-likeness (QED) is 0.526. The van der Waals surface area contributed by atoms with Crippen molar-refractivity contribution in [2.24, 2.45) is 9.98 Å². The lowest BCUT2D eigenvalue weighted by Gasteiger charge is -2.45. The van der Waals surface area contributed by atoms with Crippen LogP contribution in [-0.4, -0.2) is 71.6 Å². The smallest absolute Gasteiger partial charge is 0.197 e. The summed E-state index contributed by atoms with van der Waals surface area (Å²) in [6.07, 6.45) is 2.12. The van der Waals surface area contributed by atoms with Gasteiger partial charge in [0.1, 0.15) is 0 Å². The van der Waals surface area contributed by atoms with Crippen molar-refractivity contribution >= 4 is 11.9 Å². The van der Waals surface area contributed by atoms with Gasteiger partial charge in [-0.25, -0.2) is 0 Å². The van der Waals surface area contributed by atoms with Gasteiger partial charge in [0.15, 0.2) is 11.9 Å². The first-order chi connectivity index (χ1) is 12.6. The molecule has 0 aromatic heterocycles. The largest absolute Gasteiger partial charge is 0.356 e. The summed E-state index contributed by atoms with van der Waals surface area (Å²) in [5, 5.41) is 6.98. The van der Waals surface area contributed by atoms with Crippen LogP contribution in [0, 0.1) is 0 Å². The maximum absolute atomic E-state index is 4.91. The van der Waals surface area contributed by atoms with Crippen LogP contribution in [0.3, 0.4) is 0 Å². The molecule has 0 bridgehead atoms. The van der Waals surface area contributed by atoms with Crippen LogP contribution in [0.1, 0.15) is 75.2 Å². The van der Waals surface area contributed by atoms with E-state index in [4.69, 9.17) is 4.99 Å². The van der Waals surface area contributed by atoms with Crippen LogP contribution < -0.4 is 10.6 Å². The molecule has 0 aliphatic carbocycles. The summed E-state index contributed by atoms with van der Waals surface area (Å²) in [5.41, 5.74) is -0.00345. The summed E-state index contributed by atoms with van der Waals surface area (Å²) >= 11 is 0. The van der Waals surface area contributed by atoms with E-state index in [0.717, 1.165) is 57.5 Å². The van der Waals surface area contributed by atoms with Crippen molar-refractivity contribution in [1.82, 2.24) is 20.4 Å². The molecule has 0 fully saturated rings. The Kier molecular flexibility index (Phi) is 8.89. The Labute approximate surface area is 167 Å². The monoisotopic (exact) mass is 380 g/mol. The van der Waals surface area contributed by atoms with Crippen LogP contribution in [0.15, 0.2) is 9.98 Å². The van der Waals surface area contributed by atoms with E-state index in [2.05, 4.69) is 87.7 Å². The van der Waals surface area contributed by atoms with Gasteiger partial charge in [0.05, 0.1) is 0 Å². The first-order valence-electron chi connectivity index (χ1n) is 10.7. The number of rotatable bonds is 7. The molecule has 0 amide bonds. The molecule has 27 heavy (non-hydrogen) atoms. The third-order valence-electron chi connectivity index (χ3n) is 4.96. The molecule has 1 atom stereocenters. The molecule has 1 rings (SSSR count). The van der Waals surface area contributed by atoms with E-state index in [1.165, 1.54) is 0 Å². The summed E-state index contributed by atoms with van der Waals surface area (Å²) < 4.78 is 0. The fourth-order valence-electron chi connectivity index (χ4n) is 3.88. The maximum Gasteiger partial charge on any atom is 0.197 e. The standard InChI is InChI=1S/C21H44N6/c1-10-22-19(27(12-3)20(5,6)7)26(11-2)17(4)16-21(8,9)25-18-23-14-13-15-24-18/h17H,10-16H2,1-9H3,(H2,23,24,25). The minimum absolute atomic E-state index is 0.0460. The molecule has 0 radical (unpaired) electrons. The summed E-state index contributed by atoms with van der Waals surface area (Å²) in [6.45, 7) is 24.8.